The lowest BCUT2D eigenvalue weighted by Crippen LogP contribution is -2.28. The molecule has 2 rings (SSSR count). The van der Waals surface area contributed by atoms with Gasteiger partial charge in [-0.2, -0.15) is 5.10 Å². The maximum atomic E-state index is 12.0. The van der Waals surface area contributed by atoms with E-state index in [2.05, 4.69) is 76.6 Å². The molecule has 0 aromatic heterocycles. The number of halogens is 3. The summed E-state index contributed by atoms with van der Waals surface area (Å²) < 4.78 is 2.70. The first-order valence-corrected chi connectivity index (χ1v) is 10.1. The van der Waals surface area contributed by atoms with Crippen LogP contribution < -0.4 is 10.7 Å². The second-order valence-electron chi connectivity index (χ2n) is 5.91. The molecule has 0 saturated heterocycles. The van der Waals surface area contributed by atoms with Gasteiger partial charge in [-0.1, -0.05) is 27.6 Å². The Labute approximate surface area is 167 Å². The molecule has 0 bridgehead atoms. The molecule has 130 valence electrons. The Morgan fingerprint density at radius 3 is 2.54 bits per heavy atom. The van der Waals surface area contributed by atoms with Crippen molar-refractivity contribution in [2.45, 2.75) is 33.1 Å². The van der Waals surface area contributed by atoms with E-state index in [1.165, 1.54) is 5.57 Å². The molecule has 7 heteroatoms. The van der Waals surface area contributed by atoms with Crippen molar-refractivity contribution in [1.82, 2.24) is 5.43 Å². The molecule has 1 aromatic carbocycles. The second-order valence-corrected chi connectivity index (χ2v) is 8.53. The van der Waals surface area contributed by atoms with Gasteiger partial charge < -0.3 is 5.32 Å². The highest BCUT2D eigenvalue weighted by Crippen LogP contribution is 2.34. The molecule has 1 aliphatic rings. The molecule has 1 amide bonds. The minimum atomic E-state index is -0.168. The molecule has 0 saturated carbocycles. The number of allylic oxidation sites excluding steroid dienone is 2. The van der Waals surface area contributed by atoms with Crippen LogP contribution in [0.3, 0.4) is 0 Å². The van der Waals surface area contributed by atoms with Crippen molar-refractivity contribution in [2.75, 3.05) is 11.9 Å². The molecule has 0 unspecified atom stereocenters. The quantitative estimate of drug-likeness (QED) is 0.300. The summed E-state index contributed by atoms with van der Waals surface area (Å²) in [6.07, 6.45) is 5.48. The maximum absolute atomic E-state index is 12.0. The van der Waals surface area contributed by atoms with Crippen LogP contribution in [0.25, 0.3) is 0 Å². The Hall–Kier alpha value is -0.660. The van der Waals surface area contributed by atoms with Gasteiger partial charge >= 0.3 is 0 Å². The van der Waals surface area contributed by atoms with Gasteiger partial charge in [-0.15, -0.1) is 0 Å². The highest BCUT2D eigenvalue weighted by atomic mass is 79.9. The van der Waals surface area contributed by atoms with Gasteiger partial charge in [-0.3, -0.25) is 4.79 Å². The van der Waals surface area contributed by atoms with Gasteiger partial charge in [0.25, 0.3) is 5.91 Å². The lowest BCUT2D eigenvalue weighted by Gasteiger charge is -2.20. The van der Waals surface area contributed by atoms with Gasteiger partial charge in [-0.25, -0.2) is 5.43 Å². The monoisotopic (exact) mass is 519 g/mol. The number of hydrogen-bond acceptors (Lipinski definition) is 3. The first-order chi connectivity index (χ1) is 11.4. The molecule has 1 aliphatic carbocycles. The van der Waals surface area contributed by atoms with Crippen molar-refractivity contribution in [3.8, 4) is 0 Å². The predicted molar refractivity (Wildman–Crippen MR) is 110 cm³/mol. The van der Waals surface area contributed by atoms with Crippen molar-refractivity contribution in [3.63, 3.8) is 0 Å². The van der Waals surface area contributed by atoms with Crippen molar-refractivity contribution < 1.29 is 4.79 Å². The van der Waals surface area contributed by atoms with E-state index < -0.39 is 0 Å². The fourth-order valence-corrected chi connectivity index (χ4v) is 5.04. The second kappa shape index (κ2) is 9.15. The van der Waals surface area contributed by atoms with Gasteiger partial charge in [0.15, 0.2) is 0 Å². The summed E-state index contributed by atoms with van der Waals surface area (Å²) in [6.45, 7) is 4.29. The number of anilines is 1. The largest absolute Gasteiger partial charge is 0.374 e. The molecule has 0 heterocycles. The van der Waals surface area contributed by atoms with E-state index in [1.807, 2.05) is 19.1 Å². The maximum Gasteiger partial charge on any atom is 0.259 e. The number of nitrogens with zero attached hydrogens (tertiary/aromatic N) is 1. The number of hydrogen-bond donors (Lipinski definition) is 2. The smallest absolute Gasteiger partial charge is 0.259 e. The third kappa shape index (κ3) is 5.70. The number of hydrazone groups is 1. The molecule has 0 aliphatic heterocycles. The van der Waals surface area contributed by atoms with E-state index in [4.69, 9.17) is 0 Å². The Morgan fingerprint density at radius 2 is 1.96 bits per heavy atom. The fourth-order valence-electron chi connectivity index (χ4n) is 2.51. The minimum absolute atomic E-state index is 0.152. The summed E-state index contributed by atoms with van der Waals surface area (Å²) in [4.78, 5) is 12.0. The number of carbonyl (C=O) groups is 1. The Bertz CT molecular complexity index is 663. The highest BCUT2D eigenvalue weighted by molar-refractivity contribution is 9.11. The van der Waals surface area contributed by atoms with Crippen LogP contribution in [-0.2, 0) is 4.79 Å². The number of carbonyl (C=O) groups excluding carboxylic acids is 1. The van der Waals surface area contributed by atoms with Crippen LogP contribution in [0.2, 0.25) is 0 Å². The third-order valence-electron chi connectivity index (χ3n) is 4.02. The van der Waals surface area contributed by atoms with E-state index in [0.717, 1.165) is 44.1 Å². The van der Waals surface area contributed by atoms with Crippen molar-refractivity contribution in [3.05, 3.63) is 37.2 Å². The minimum Gasteiger partial charge on any atom is -0.374 e. The van der Waals surface area contributed by atoms with Crippen molar-refractivity contribution in [2.24, 2.45) is 11.0 Å². The van der Waals surface area contributed by atoms with Crippen LogP contribution in [0.1, 0.15) is 33.1 Å². The number of amides is 1. The highest BCUT2D eigenvalue weighted by Gasteiger charge is 2.15. The van der Waals surface area contributed by atoms with Crippen LogP contribution in [-0.4, -0.2) is 18.2 Å². The zero-order valence-corrected chi connectivity index (χ0v) is 18.4. The number of benzene rings is 1. The average molecular weight is 522 g/mol. The zero-order chi connectivity index (χ0) is 17.7. The van der Waals surface area contributed by atoms with Gasteiger partial charge in [0.1, 0.15) is 0 Å². The SMILES string of the molecule is CC1=CC[C@@H](/C(C)=N\NC(=O)CNc2c(Br)cc(Br)cc2Br)CC1. The lowest BCUT2D eigenvalue weighted by molar-refractivity contribution is -0.119. The van der Waals surface area contributed by atoms with Crippen LogP contribution in [0.4, 0.5) is 5.69 Å². The topological polar surface area (TPSA) is 53.5 Å². The molecule has 1 atom stereocenters. The molecule has 0 fully saturated rings. The summed E-state index contributed by atoms with van der Waals surface area (Å²) in [5.41, 5.74) is 5.90. The van der Waals surface area contributed by atoms with Gasteiger partial charge in [0.05, 0.1) is 12.2 Å². The van der Waals surface area contributed by atoms with Gasteiger partial charge in [0.2, 0.25) is 0 Å². The molecular weight excluding hydrogens is 502 g/mol. The molecule has 2 N–H and O–H groups in total. The van der Waals surface area contributed by atoms with Crippen LogP contribution >= 0.6 is 47.8 Å². The van der Waals surface area contributed by atoms with E-state index in [0.29, 0.717) is 5.92 Å². The molecule has 0 radical (unpaired) electrons. The fraction of sp³-hybridized carbons (Fsp3) is 0.412. The van der Waals surface area contributed by atoms with E-state index >= 15 is 0 Å². The van der Waals surface area contributed by atoms with E-state index in [9.17, 15) is 4.79 Å². The summed E-state index contributed by atoms with van der Waals surface area (Å²) >= 11 is 10.4. The first kappa shape index (κ1) is 19.7. The first-order valence-electron chi connectivity index (χ1n) is 7.74. The molecule has 1 aromatic rings. The third-order valence-corrected chi connectivity index (χ3v) is 5.73. The normalized spacial score (nSPS) is 18.1. The molecule has 24 heavy (non-hydrogen) atoms. The number of rotatable bonds is 5. The van der Waals surface area contributed by atoms with Crippen LogP contribution in [0, 0.1) is 5.92 Å². The number of nitrogens with one attached hydrogen (secondary N) is 2. The Kier molecular flexibility index (Phi) is 7.50. The summed E-state index contributed by atoms with van der Waals surface area (Å²) in [6, 6.07) is 3.85. The van der Waals surface area contributed by atoms with Gasteiger partial charge in [0, 0.05) is 25.0 Å². The summed E-state index contributed by atoms with van der Waals surface area (Å²) in [7, 11) is 0. The standard InChI is InChI=1S/C17H20Br3N3O/c1-10-3-5-12(6-4-10)11(2)22-23-16(24)9-21-17-14(19)7-13(18)8-15(17)20/h3,7-8,12,21H,4-6,9H2,1-2H3,(H,23,24)/b22-11-/t12-/m1/s1. The molecule has 0 spiro atoms. The average Bonchev–Trinajstić information content (AvgIpc) is 2.52. The van der Waals surface area contributed by atoms with Crippen LogP contribution in [0.15, 0.2) is 42.3 Å². The summed E-state index contributed by atoms with van der Waals surface area (Å²) in [5, 5.41) is 7.37. The van der Waals surface area contributed by atoms with E-state index in [-0.39, 0.29) is 12.5 Å². The van der Waals surface area contributed by atoms with Gasteiger partial charge in [-0.05, 0) is 77.1 Å². The lowest BCUT2D eigenvalue weighted by atomic mass is 9.87. The Morgan fingerprint density at radius 1 is 1.29 bits per heavy atom. The van der Waals surface area contributed by atoms with E-state index in [1.54, 1.807) is 0 Å². The van der Waals surface area contributed by atoms with Crippen molar-refractivity contribution >= 4 is 65.1 Å². The molecular formula is C17H20Br3N3O. The zero-order valence-electron chi connectivity index (χ0n) is 13.6. The Balaban J connectivity index is 1.87. The summed E-state index contributed by atoms with van der Waals surface area (Å²) in [5.74, 6) is 0.260. The molecule has 4 nitrogen and oxygen atoms in total. The van der Waals surface area contributed by atoms with Crippen molar-refractivity contribution in [1.29, 1.82) is 0 Å². The van der Waals surface area contributed by atoms with Crippen LogP contribution in [0.5, 0.6) is 0 Å². The predicted octanol–water partition coefficient (Wildman–Crippen LogP) is 5.62.